The van der Waals surface area contributed by atoms with E-state index in [4.69, 9.17) is 4.74 Å². The van der Waals surface area contributed by atoms with Gasteiger partial charge in [0, 0.05) is 18.0 Å². The topological polar surface area (TPSA) is 75.6 Å². The SMILES string of the molecule is CC(=O)Oc1ccc(C(=O)CNC(C)(C)C)cc1O. The van der Waals surface area contributed by atoms with Crippen LogP contribution in [0.5, 0.6) is 11.5 Å². The second-order valence-corrected chi connectivity index (χ2v) is 5.30. The number of phenolic OH excluding ortho intramolecular Hbond substituents is 1. The first kappa shape index (κ1) is 15.2. The first-order chi connectivity index (χ1) is 8.69. The Morgan fingerprint density at radius 2 is 1.95 bits per heavy atom. The van der Waals surface area contributed by atoms with Gasteiger partial charge < -0.3 is 15.2 Å². The molecule has 0 unspecified atom stereocenters. The van der Waals surface area contributed by atoms with Gasteiger partial charge in [-0.2, -0.15) is 0 Å². The largest absolute Gasteiger partial charge is 0.504 e. The van der Waals surface area contributed by atoms with Crippen LogP contribution in [0.4, 0.5) is 0 Å². The van der Waals surface area contributed by atoms with Crippen LogP contribution in [0.3, 0.4) is 0 Å². The summed E-state index contributed by atoms with van der Waals surface area (Å²) in [5.41, 5.74) is 0.209. The summed E-state index contributed by atoms with van der Waals surface area (Å²) in [4.78, 5) is 22.7. The van der Waals surface area contributed by atoms with Crippen LogP contribution < -0.4 is 10.1 Å². The highest BCUT2D eigenvalue weighted by atomic mass is 16.5. The number of ether oxygens (including phenoxy) is 1. The van der Waals surface area contributed by atoms with E-state index in [9.17, 15) is 14.7 Å². The average Bonchev–Trinajstić information content (AvgIpc) is 2.27. The van der Waals surface area contributed by atoms with Crippen molar-refractivity contribution in [2.24, 2.45) is 0 Å². The summed E-state index contributed by atoms with van der Waals surface area (Å²) in [6.45, 7) is 7.30. The molecule has 0 spiro atoms. The van der Waals surface area contributed by atoms with E-state index < -0.39 is 5.97 Å². The predicted molar refractivity (Wildman–Crippen MR) is 71.5 cm³/mol. The van der Waals surface area contributed by atoms with E-state index >= 15 is 0 Å². The van der Waals surface area contributed by atoms with Gasteiger partial charge in [0.1, 0.15) is 0 Å². The normalized spacial score (nSPS) is 11.2. The predicted octanol–water partition coefficient (Wildman–Crippen LogP) is 1.89. The van der Waals surface area contributed by atoms with E-state index in [-0.39, 0.29) is 29.4 Å². The maximum atomic E-state index is 11.9. The Morgan fingerprint density at radius 3 is 2.42 bits per heavy atom. The molecule has 1 aromatic carbocycles. The molecule has 1 aromatic rings. The number of hydrogen-bond acceptors (Lipinski definition) is 5. The minimum Gasteiger partial charge on any atom is -0.504 e. The van der Waals surface area contributed by atoms with Crippen molar-refractivity contribution < 1.29 is 19.4 Å². The summed E-state index contributed by atoms with van der Waals surface area (Å²) in [7, 11) is 0. The highest BCUT2D eigenvalue weighted by molar-refractivity contribution is 5.98. The van der Waals surface area contributed by atoms with Crippen molar-refractivity contribution in [3.63, 3.8) is 0 Å². The van der Waals surface area contributed by atoms with Gasteiger partial charge in [-0.15, -0.1) is 0 Å². The number of esters is 1. The molecule has 0 heterocycles. The van der Waals surface area contributed by atoms with Crippen molar-refractivity contribution in [2.45, 2.75) is 33.2 Å². The monoisotopic (exact) mass is 265 g/mol. The van der Waals surface area contributed by atoms with Crippen molar-refractivity contribution >= 4 is 11.8 Å². The van der Waals surface area contributed by atoms with Crippen LogP contribution in [0.1, 0.15) is 38.1 Å². The van der Waals surface area contributed by atoms with Crippen molar-refractivity contribution in [3.05, 3.63) is 23.8 Å². The van der Waals surface area contributed by atoms with Crippen molar-refractivity contribution in [1.29, 1.82) is 0 Å². The lowest BCUT2D eigenvalue weighted by Gasteiger charge is -2.19. The van der Waals surface area contributed by atoms with Gasteiger partial charge in [-0.3, -0.25) is 9.59 Å². The third kappa shape index (κ3) is 5.09. The molecule has 0 bridgehead atoms. The van der Waals surface area contributed by atoms with E-state index in [2.05, 4.69) is 5.32 Å². The Kier molecular flexibility index (Phi) is 4.67. The zero-order chi connectivity index (χ0) is 14.6. The third-order valence-corrected chi connectivity index (χ3v) is 2.31. The van der Waals surface area contributed by atoms with Gasteiger partial charge in [-0.1, -0.05) is 0 Å². The van der Waals surface area contributed by atoms with Gasteiger partial charge in [0.05, 0.1) is 6.54 Å². The maximum absolute atomic E-state index is 11.9. The number of ketones is 1. The Hall–Kier alpha value is -1.88. The number of carbonyl (C=O) groups excluding carboxylic acids is 2. The van der Waals surface area contributed by atoms with Gasteiger partial charge >= 0.3 is 5.97 Å². The van der Waals surface area contributed by atoms with Crippen LogP contribution in [0.2, 0.25) is 0 Å². The second-order valence-electron chi connectivity index (χ2n) is 5.30. The van der Waals surface area contributed by atoms with Gasteiger partial charge in [0.2, 0.25) is 0 Å². The fraction of sp³-hybridized carbons (Fsp3) is 0.429. The average molecular weight is 265 g/mol. The van der Waals surface area contributed by atoms with Gasteiger partial charge in [0.25, 0.3) is 0 Å². The lowest BCUT2D eigenvalue weighted by molar-refractivity contribution is -0.132. The molecule has 0 fully saturated rings. The standard InChI is InChI=1S/C14H19NO4/c1-9(16)19-13-6-5-10(7-11(13)17)12(18)8-15-14(2,3)4/h5-7,15,17H,8H2,1-4H3. The van der Waals surface area contributed by atoms with Gasteiger partial charge in [0.15, 0.2) is 17.3 Å². The van der Waals surface area contributed by atoms with Crippen molar-refractivity contribution in [3.8, 4) is 11.5 Å². The molecule has 0 atom stereocenters. The summed E-state index contributed by atoms with van der Waals surface area (Å²) in [6, 6.07) is 4.22. The molecule has 104 valence electrons. The summed E-state index contributed by atoms with van der Waals surface area (Å²) < 4.78 is 4.78. The molecular weight excluding hydrogens is 246 g/mol. The fourth-order valence-electron chi connectivity index (χ4n) is 1.38. The third-order valence-electron chi connectivity index (χ3n) is 2.31. The fourth-order valence-corrected chi connectivity index (χ4v) is 1.38. The van der Waals surface area contributed by atoms with E-state index in [1.165, 1.54) is 25.1 Å². The summed E-state index contributed by atoms with van der Waals surface area (Å²) in [5, 5.41) is 12.7. The minimum absolute atomic E-state index is 0.0489. The van der Waals surface area contributed by atoms with Crippen LogP contribution in [0.25, 0.3) is 0 Å². The molecule has 19 heavy (non-hydrogen) atoms. The Balaban J connectivity index is 2.77. The van der Waals surface area contributed by atoms with Gasteiger partial charge in [-0.25, -0.2) is 0 Å². The van der Waals surface area contributed by atoms with Crippen LogP contribution in [-0.4, -0.2) is 28.9 Å². The first-order valence-corrected chi connectivity index (χ1v) is 5.99. The highest BCUT2D eigenvalue weighted by Crippen LogP contribution is 2.27. The number of nitrogens with one attached hydrogen (secondary N) is 1. The maximum Gasteiger partial charge on any atom is 0.308 e. The lowest BCUT2D eigenvalue weighted by Crippen LogP contribution is -2.39. The summed E-state index contributed by atoms with van der Waals surface area (Å²) >= 11 is 0. The molecule has 0 aliphatic heterocycles. The molecule has 0 saturated heterocycles. The number of carbonyl (C=O) groups is 2. The van der Waals surface area contributed by atoms with Crippen LogP contribution in [-0.2, 0) is 4.79 Å². The Labute approximate surface area is 112 Å². The van der Waals surface area contributed by atoms with Gasteiger partial charge in [-0.05, 0) is 39.0 Å². The quantitative estimate of drug-likeness (QED) is 0.494. The minimum atomic E-state index is -0.524. The number of aromatic hydroxyl groups is 1. The molecule has 2 N–H and O–H groups in total. The number of phenols is 1. The number of rotatable bonds is 4. The number of hydrogen-bond donors (Lipinski definition) is 2. The first-order valence-electron chi connectivity index (χ1n) is 5.99. The molecule has 0 aliphatic carbocycles. The molecule has 0 aliphatic rings. The van der Waals surface area contributed by atoms with Crippen LogP contribution >= 0.6 is 0 Å². The van der Waals surface area contributed by atoms with Crippen molar-refractivity contribution in [2.75, 3.05) is 6.54 Å². The number of Topliss-reactive ketones (excluding diaryl/α,β-unsaturated/α-hetero) is 1. The Morgan fingerprint density at radius 1 is 1.32 bits per heavy atom. The zero-order valence-electron chi connectivity index (χ0n) is 11.6. The van der Waals surface area contributed by atoms with Crippen LogP contribution in [0, 0.1) is 0 Å². The molecule has 5 heteroatoms. The molecule has 0 radical (unpaired) electrons. The van der Waals surface area contributed by atoms with E-state index in [1.54, 1.807) is 0 Å². The Bertz CT molecular complexity index is 489. The second kappa shape index (κ2) is 5.84. The number of benzene rings is 1. The molecule has 0 aromatic heterocycles. The smallest absolute Gasteiger partial charge is 0.308 e. The van der Waals surface area contributed by atoms with Crippen molar-refractivity contribution in [1.82, 2.24) is 5.32 Å². The zero-order valence-corrected chi connectivity index (χ0v) is 11.6. The summed E-state index contributed by atoms with van der Waals surface area (Å²) in [6.07, 6.45) is 0. The highest BCUT2D eigenvalue weighted by Gasteiger charge is 2.14. The molecule has 1 rings (SSSR count). The summed E-state index contributed by atoms with van der Waals surface area (Å²) in [5.74, 6) is -0.840. The lowest BCUT2D eigenvalue weighted by atomic mass is 10.1. The van der Waals surface area contributed by atoms with Crippen LogP contribution in [0.15, 0.2) is 18.2 Å². The molecule has 5 nitrogen and oxygen atoms in total. The van der Waals surface area contributed by atoms with E-state index in [1.807, 2.05) is 20.8 Å². The molecule has 0 amide bonds. The van der Waals surface area contributed by atoms with E-state index in [0.29, 0.717) is 5.56 Å². The molecule has 0 saturated carbocycles. The molecular formula is C14H19NO4. The van der Waals surface area contributed by atoms with E-state index in [0.717, 1.165) is 0 Å².